The minimum Gasteiger partial charge on any atom is -0.380 e. The molecule has 0 amide bonds. The van der Waals surface area contributed by atoms with Gasteiger partial charge in [0.1, 0.15) is 11.5 Å². The van der Waals surface area contributed by atoms with Crippen LogP contribution in [0.5, 0.6) is 0 Å². The van der Waals surface area contributed by atoms with Crippen molar-refractivity contribution in [3.63, 3.8) is 0 Å². The van der Waals surface area contributed by atoms with Crippen molar-refractivity contribution in [2.45, 2.75) is 0 Å². The number of nitrogens with one attached hydrogen (secondary N) is 1. The van der Waals surface area contributed by atoms with Crippen LogP contribution in [0.1, 0.15) is 0 Å². The molecule has 0 spiro atoms. The number of nitrogens with zero attached hydrogens (tertiary/aromatic N) is 2. The Bertz CT molecular complexity index is 854. The molecule has 0 saturated carbocycles. The Kier molecular flexibility index (Phi) is 3.19. The lowest BCUT2D eigenvalue weighted by Crippen LogP contribution is -2.05. The highest BCUT2D eigenvalue weighted by Crippen LogP contribution is 2.39. The SMILES string of the molecule is Nc1noc(-c2ccc(=O)[nH]n2)c1-c1ccc(F)cc1Cl. The van der Waals surface area contributed by atoms with Crippen molar-refractivity contribution in [2.75, 3.05) is 5.73 Å². The van der Waals surface area contributed by atoms with Crippen LogP contribution in [-0.4, -0.2) is 15.4 Å². The number of H-pyrrole nitrogens is 1. The van der Waals surface area contributed by atoms with E-state index in [-0.39, 0.29) is 22.2 Å². The van der Waals surface area contributed by atoms with Crippen molar-refractivity contribution in [2.24, 2.45) is 0 Å². The van der Waals surface area contributed by atoms with E-state index in [1.54, 1.807) is 0 Å². The maximum Gasteiger partial charge on any atom is 0.264 e. The zero-order valence-electron chi connectivity index (χ0n) is 10.4. The number of nitrogens with two attached hydrogens (primary N) is 1. The molecule has 3 rings (SSSR count). The van der Waals surface area contributed by atoms with Gasteiger partial charge in [-0.25, -0.2) is 9.49 Å². The van der Waals surface area contributed by atoms with E-state index in [0.717, 1.165) is 6.07 Å². The zero-order chi connectivity index (χ0) is 15.0. The first kappa shape index (κ1) is 13.3. The molecule has 2 aromatic heterocycles. The molecule has 0 aliphatic heterocycles. The van der Waals surface area contributed by atoms with Crippen molar-refractivity contribution in [1.29, 1.82) is 0 Å². The number of nitrogen functional groups attached to an aromatic ring is 1. The van der Waals surface area contributed by atoms with Crippen LogP contribution in [0, 0.1) is 5.82 Å². The lowest BCUT2D eigenvalue weighted by atomic mass is 10.0. The van der Waals surface area contributed by atoms with Crippen LogP contribution in [-0.2, 0) is 0 Å². The average Bonchev–Trinajstić information content (AvgIpc) is 2.82. The first-order chi connectivity index (χ1) is 10.1. The standard InChI is InChI=1S/C13H8ClFN4O2/c14-8-5-6(15)1-2-7(8)11-12(21-19-13(11)16)9-3-4-10(20)18-17-9/h1-5H,(H2,16,19)(H,18,20). The summed E-state index contributed by atoms with van der Waals surface area (Å²) in [6, 6.07) is 6.62. The number of anilines is 1. The lowest BCUT2D eigenvalue weighted by Gasteiger charge is -2.04. The molecule has 0 radical (unpaired) electrons. The summed E-state index contributed by atoms with van der Waals surface area (Å²) in [5.41, 5.74) is 6.61. The number of rotatable bonds is 2. The highest BCUT2D eigenvalue weighted by Gasteiger charge is 2.21. The van der Waals surface area contributed by atoms with Gasteiger partial charge >= 0.3 is 0 Å². The summed E-state index contributed by atoms with van der Waals surface area (Å²) in [4.78, 5) is 11.1. The summed E-state index contributed by atoms with van der Waals surface area (Å²) in [6.07, 6.45) is 0. The fraction of sp³-hybridized carbons (Fsp3) is 0. The van der Waals surface area contributed by atoms with Crippen LogP contribution in [0.25, 0.3) is 22.6 Å². The molecule has 0 unspecified atom stereocenters. The maximum absolute atomic E-state index is 13.2. The van der Waals surface area contributed by atoms with Gasteiger partial charge < -0.3 is 10.3 Å². The van der Waals surface area contributed by atoms with Gasteiger partial charge in [-0.1, -0.05) is 16.8 Å². The van der Waals surface area contributed by atoms with Gasteiger partial charge in [0.25, 0.3) is 5.56 Å². The van der Waals surface area contributed by atoms with E-state index in [4.69, 9.17) is 21.9 Å². The van der Waals surface area contributed by atoms with Gasteiger partial charge in [0.15, 0.2) is 11.6 Å². The van der Waals surface area contributed by atoms with Crippen molar-refractivity contribution in [3.8, 4) is 22.6 Å². The molecule has 8 heteroatoms. The van der Waals surface area contributed by atoms with Crippen LogP contribution >= 0.6 is 11.6 Å². The highest BCUT2D eigenvalue weighted by atomic mass is 35.5. The Morgan fingerprint density at radius 3 is 2.76 bits per heavy atom. The molecule has 0 atom stereocenters. The minimum atomic E-state index is -0.470. The molecule has 6 nitrogen and oxygen atoms in total. The quantitative estimate of drug-likeness (QED) is 0.758. The van der Waals surface area contributed by atoms with E-state index in [0.29, 0.717) is 16.8 Å². The molecule has 3 aromatic rings. The number of hydrogen-bond acceptors (Lipinski definition) is 5. The number of benzene rings is 1. The molecule has 106 valence electrons. The monoisotopic (exact) mass is 306 g/mol. The molecule has 3 N–H and O–H groups in total. The number of aromatic amines is 1. The molecule has 1 aromatic carbocycles. The molecule has 0 aliphatic rings. The van der Waals surface area contributed by atoms with Crippen LogP contribution < -0.4 is 11.3 Å². The molecule has 0 bridgehead atoms. The molecular formula is C13H8ClFN4O2. The normalized spacial score (nSPS) is 10.8. The van der Waals surface area contributed by atoms with Gasteiger partial charge in [-0.2, -0.15) is 5.10 Å². The van der Waals surface area contributed by atoms with E-state index in [1.807, 2.05) is 0 Å². The Morgan fingerprint density at radius 2 is 2.10 bits per heavy atom. The lowest BCUT2D eigenvalue weighted by molar-refractivity contribution is 0.434. The third-order valence-electron chi connectivity index (χ3n) is 2.83. The predicted octanol–water partition coefficient (Wildman–Crippen LogP) is 2.47. The molecule has 0 aliphatic carbocycles. The second kappa shape index (κ2) is 5.02. The summed E-state index contributed by atoms with van der Waals surface area (Å²) in [7, 11) is 0. The fourth-order valence-electron chi connectivity index (χ4n) is 1.90. The highest BCUT2D eigenvalue weighted by molar-refractivity contribution is 6.33. The molecule has 21 heavy (non-hydrogen) atoms. The Morgan fingerprint density at radius 1 is 1.29 bits per heavy atom. The van der Waals surface area contributed by atoms with Gasteiger partial charge in [-0.3, -0.25) is 4.79 Å². The summed E-state index contributed by atoms with van der Waals surface area (Å²) in [5.74, 6) is -0.147. The van der Waals surface area contributed by atoms with Crippen LogP contribution in [0.2, 0.25) is 5.02 Å². The second-order valence-corrected chi connectivity index (χ2v) is 4.61. The summed E-state index contributed by atoms with van der Waals surface area (Å²) in [6.45, 7) is 0. The smallest absolute Gasteiger partial charge is 0.264 e. The minimum absolute atomic E-state index is 0.0894. The molecule has 2 heterocycles. The van der Waals surface area contributed by atoms with E-state index < -0.39 is 5.82 Å². The first-order valence-corrected chi connectivity index (χ1v) is 6.20. The Balaban J connectivity index is 2.21. The van der Waals surface area contributed by atoms with E-state index in [9.17, 15) is 9.18 Å². The van der Waals surface area contributed by atoms with E-state index >= 15 is 0 Å². The van der Waals surface area contributed by atoms with Gasteiger partial charge in [0, 0.05) is 11.6 Å². The number of aromatic nitrogens is 3. The van der Waals surface area contributed by atoms with Gasteiger partial charge in [0.05, 0.1) is 10.6 Å². The first-order valence-electron chi connectivity index (χ1n) is 5.83. The second-order valence-electron chi connectivity index (χ2n) is 4.20. The fourth-order valence-corrected chi connectivity index (χ4v) is 2.16. The Hall–Kier alpha value is -2.67. The third kappa shape index (κ3) is 2.38. The summed E-state index contributed by atoms with van der Waals surface area (Å²) in [5, 5.41) is 9.97. The van der Waals surface area contributed by atoms with E-state index in [1.165, 1.54) is 24.3 Å². The average molecular weight is 307 g/mol. The molecular weight excluding hydrogens is 299 g/mol. The van der Waals surface area contributed by atoms with Crippen molar-refractivity contribution < 1.29 is 8.91 Å². The van der Waals surface area contributed by atoms with E-state index in [2.05, 4.69) is 15.4 Å². The summed E-state index contributed by atoms with van der Waals surface area (Å²) < 4.78 is 18.3. The molecule has 0 saturated heterocycles. The number of halogens is 2. The zero-order valence-corrected chi connectivity index (χ0v) is 11.2. The molecule has 0 fully saturated rings. The van der Waals surface area contributed by atoms with Gasteiger partial charge in [0.2, 0.25) is 0 Å². The summed E-state index contributed by atoms with van der Waals surface area (Å²) >= 11 is 6.03. The van der Waals surface area contributed by atoms with Crippen LogP contribution in [0.3, 0.4) is 0 Å². The van der Waals surface area contributed by atoms with Crippen molar-refractivity contribution >= 4 is 17.4 Å². The van der Waals surface area contributed by atoms with Gasteiger partial charge in [-0.05, 0) is 24.3 Å². The topological polar surface area (TPSA) is 97.8 Å². The van der Waals surface area contributed by atoms with Crippen LogP contribution in [0.15, 0.2) is 39.6 Å². The predicted molar refractivity (Wildman–Crippen MR) is 75.2 cm³/mol. The van der Waals surface area contributed by atoms with Crippen LogP contribution in [0.4, 0.5) is 10.2 Å². The van der Waals surface area contributed by atoms with Crippen molar-refractivity contribution in [1.82, 2.24) is 15.4 Å². The maximum atomic E-state index is 13.2. The number of hydrogen-bond donors (Lipinski definition) is 2. The largest absolute Gasteiger partial charge is 0.380 e. The van der Waals surface area contributed by atoms with Gasteiger partial charge in [-0.15, -0.1) is 0 Å². The van der Waals surface area contributed by atoms with Crippen molar-refractivity contribution in [3.05, 3.63) is 51.5 Å². The Labute approximate surface area is 122 Å². The third-order valence-corrected chi connectivity index (χ3v) is 3.14.